The summed E-state index contributed by atoms with van der Waals surface area (Å²) in [6.45, 7) is 1.29. The smallest absolute Gasteiger partial charge is 0.304 e. The Morgan fingerprint density at radius 1 is 1.53 bits per heavy atom. The minimum atomic E-state index is -0.771. The van der Waals surface area contributed by atoms with Crippen LogP contribution in [0, 0.1) is 12.3 Å². The van der Waals surface area contributed by atoms with E-state index in [1.165, 1.54) is 6.92 Å². The highest BCUT2D eigenvalue weighted by Gasteiger charge is 2.14. The molecule has 4 heteroatoms. The molecule has 0 spiro atoms. The maximum atomic E-state index is 10.8. The van der Waals surface area contributed by atoms with Crippen LogP contribution in [0.1, 0.15) is 18.6 Å². The average Bonchev–Trinajstić information content (AvgIpc) is 2.14. The van der Waals surface area contributed by atoms with Crippen LogP contribution in [0.3, 0.4) is 0 Å². The van der Waals surface area contributed by atoms with Gasteiger partial charge in [-0.05, 0) is 12.1 Å². The molecule has 78 valence electrons. The lowest BCUT2D eigenvalue weighted by Gasteiger charge is -2.12. The van der Waals surface area contributed by atoms with Crippen molar-refractivity contribution in [2.24, 2.45) is 0 Å². The molecule has 1 rings (SSSR count). The molecule has 1 aromatic carbocycles. The second kappa shape index (κ2) is 5.06. The number of carbonyl (C=O) groups is 1. The summed E-state index contributed by atoms with van der Waals surface area (Å²) in [5.74, 6) is 1.88. The lowest BCUT2D eigenvalue weighted by molar-refractivity contribution is -0.144. The molecule has 0 heterocycles. The van der Waals surface area contributed by atoms with Crippen LogP contribution in [0.25, 0.3) is 0 Å². The molecule has 0 amide bonds. The Balaban J connectivity index is 3.03. The van der Waals surface area contributed by atoms with Crippen LogP contribution in [0.15, 0.2) is 18.2 Å². The van der Waals surface area contributed by atoms with Gasteiger partial charge in [0.15, 0.2) is 6.10 Å². The molecule has 0 aromatic heterocycles. The van der Waals surface area contributed by atoms with Crippen molar-refractivity contribution >= 4 is 29.2 Å². The fourth-order valence-corrected chi connectivity index (χ4v) is 1.57. The molecule has 0 aliphatic carbocycles. The third kappa shape index (κ3) is 3.16. The van der Waals surface area contributed by atoms with Gasteiger partial charge in [-0.25, -0.2) is 0 Å². The normalized spacial score (nSPS) is 11.6. The van der Waals surface area contributed by atoms with Gasteiger partial charge in [-0.15, -0.1) is 6.42 Å². The number of esters is 1. The summed E-state index contributed by atoms with van der Waals surface area (Å²) < 4.78 is 4.90. The molecule has 0 aliphatic rings. The van der Waals surface area contributed by atoms with Crippen LogP contribution in [-0.2, 0) is 9.53 Å². The highest BCUT2D eigenvalue weighted by Crippen LogP contribution is 2.28. The first-order valence-corrected chi connectivity index (χ1v) is 4.88. The highest BCUT2D eigenvalue weighted by atomic mass is 35.5. The van der Waals surface area contributed by atoms with Crippen molar-refractivity contribution in [2.45, 2.75) is 13.0 Å². The van der Waals surface area contributed by atoms with Gasteiger partial charge in [-0.3, -0.25) is 4.79 Å². The van der Waals surface area contributed by atoms with E-state index >= 15 is 0 Å². The third-order valence-corrected chi connectivity index (χ3v) is 2.24. The van der Waals surface area contributed by atoms with E-state index in [1.54, 1.807) is 18.2 Å². The number of halogens is 2. The molecule has 0 N–H and O–H groups in total. The van der Waals surface area contributed by atoms with E-state index < -0.39 is 12.1 Å². The molecule has 1 unspecified atom stereocenters. The second-order valence-electron chi connectivity index (χ2n) is 2.82. The van der Waals surface area contributed by atoms with Crippen molar-refractivity contribution in [3.8, 4) is 12.3 Å². The summed E-state index contributed by atoms with van der Waals surface area (Å²) in [6, 6.07) is 4.82. The summed E-state index contributed by atoms with van der Waals surface area (Å²) in [7, 11) is 0. The van der Waals surface area contributed by atoms with Crippen LogP contribution >= 0.6 is 23.2 Å². The van der Waals surface area contributed by atoms with E-state index in [1.807, 2.05) is 0 Å². The SMILES string of the molecule is C#CC(OC(C)=O)c1ccc(Cl)cc1Cl. The van der Waals surface area contributed by atoms with Gasteiger partial charge in [0, 0.05) is 22.5 Å². The van der Waals surface area contributed by atoms with Gasteiger partial charge >= 0.3 is 5.97 Å². The quantitative estimate of drug-likeness (QED) is 0.588. The van der Waals surface area contributed by atoms with Gasteiger partial charge < -0.3 is 4.74 Å². The molecule has 0 saturated carbocycles. The largest absolute Gasteiger partial charge is 0.444 e. The number of hydrogen-bond acceptors (Lipinski definition) is 2. The molecule has 0 saturated heterocycles. The summed E-state index contributed by atoms with van der Waals surface area (Å²) in [6.07, 6.45) is 4.47. The lowest BCUT2D eigenvalue weighted by Crippen LogP contribution is -2.06. The number of hydrogen-bond donors (Lipinski definition) is 0. The number of ether oxygens (including phenoxy) is 1. The Hall–Kier alpha value is -1.17. The number of carbonyl (C=O) groups excluding carboxylic acids is 1. The van der Waals surface area contributed by atoms with Gasteiger partial charge in [-0.1, -0.05) is 35.2 Å². The van der Waals surface area contributed by atoms with Crippen molar-refractivity contribution in [3.63, 3.8) is 0 Å². The number of terminal acetylenes is 1. The lowest BCUT2D eigenvalue weighted by atomic mass is 10.1. The van der Waals surface area contributed by atoms with Crippen LogP contribution in [0.4, 0.5) is 0 Å². The Morgan fingerprint density at radius 2 is 2.20 bits per heavy atom. The molecular formula is C11H8Cl2O2. The molecule has 2 nitrogen and oxygen atoms in total. The Morgan fingerprint density at radius 3 is 2.67 bits per heavy atom. The fraction of sp³-hybridized carbons (Fsp3) is 0.182. The van der Waals surface area contributed by atoms with E-state index in [0.717, 1.165) is 0 Å². The summed E-state index contributed by atoms with van der Waals surface area (Å²) in [5.41, 5.74) is 0.554. The maximum absolute atomic E-state index is 10.8. The molecule has 0 aliphatic heterocycles. The van der Waals surface area contributed by atoms with Crippen molar-refractivity contribution in [2.75, 3.05) is 0 Å². The summed E-state index contributed by atoms with van der Waals surface area (Å²) in [4.78, 5) is 10.8. The van der Waals surface area contributed by atoms with Crippen molar-refractivity contribution in [1.82, 2.24) is 0 Å². The minimum Gasteiger partial charge on any atom is -0.444 e. The Kier molecular flexibility index (Phi) is 4.02. The van der Waals surface area contributed by atoms with Crippen molar-refractivity contribution in [1.29, 1.82) is 0 Å². The molecule has 1 atom stereocenters. The first kappa shape index (κ1) is 11.9. The Labute approximate surface area is 98.1 Å². The van der Waals surface area contributed by atoms with E-state index in [-0.39, 0.29) is 0 Å². The van der Waals surface area contributed by atoms with Crippen molar-refractivity contribution < 1.29 is 9.53 Å². The molecule has 1 aromatic rings. The van der Waals surface area contributed by atoms with E-state index in [9.17, 15) is 4.79 Å². The van der Waals surface area contributed by atoms with Gasteiger partial charge in [-0.2, -0.15) is 0 Å². The van der Waals surface area contributed by atoms with Crippen LogP contribution < -0.4 is 0 Å². The zero-order valence-electron chi connectivity index (χ0n) is 7.96. The van der Waals surface area contributed by atoms with Gasteiger partial charge in [0.1, 0.15) is 0 Å². The van der Waals surface area contributed by atoms with E-state index in [0.29, 0.717) is 15.6 Å². The van der Waals surface area contributed by atoms with Crippen LogP contribution in [0.2, 0.25) is 10.0 Å². The third-order valence-electron chi connectivity index (χ3n) is 1.68. The maximum Gasteiger partial charge on any atom is 0.304 e. The van der Waals surface area contributed by atoms with E-state index in [4.69, 9.17) is 34.4 Å². The first-order valence-electron chi connectivity index (χ1n) is 4.13. The van der Waals surface area contributed by atoms with Gasteiger partial charge in [0.25, 0.3) is 0 Å². The monoisotopic (exact) mass is 242 g/mol. The summed E-state index contributed by atoms with van der Waals surface area (Å²) >= 11 is 11.6. The first-order chi connectivity index (χ1) is 7.04. The zero-order chi connectivity index (χ0) is 11.4. The van der Waals surface area contributed by atoms with Crippen LogP contribution in [0.5, 0.6) is 0 Å². The number of benzene rings is 1. The molecule has 0 radical (unpaired) electrons. The van der Waals surface area contributed by atoms with Crippen molar-refractivity contribution in [3.05, 3.63) is 33.8 Å². The second-order valence-corrected chi connectivity index (χ2v) is 3.67. The fourth-order valence-electron chi connectivity index (χ4n) is 1.07. The standard InChI is InChI=1S/C11H8Cl2O2/c1-3-11(15-7(2)14)9-5-4-8(12)6-10(9)13/h1,4-6,11H,2H3. The zero-order valence-corrected chi connectivity index (χ0v) is 9.47. The van der Waals surface area contributed by atoms with Gasteiger partial charge in [0.2, 0.25) is 0 Å². The number of rotatable bonds is 2. The van der Waals surface area contributed by atoms with Gasteiger partial charge in [0.05, 0.1) is 0 Å². The summed E-state index contributed by atoms with van der Waals surface area (Å²) in [5, 5.41) is 0.883. The predicted molar refractivity (Wildman–Crippen MR) is 59.8 cm³/mol. The minimum absolute atomic E-state index is 0.381. The average molecular weight is 243 g/mol. The highest BCUT2D eigenvalue weighted by molar-refractivity contribution is 6.35. The Bertz CT molecular complexity index is 421. The molecular weight excluding hydrogens is 235 g/mol. The topological polar surface area (TPSA) is 26.3 Å². The molecule has 0 bridgehead atoms. The molecule has 15 heavy (non-hydrogen) atoms. The van der Waals surface area contributed by atoms with Crippen LogP contribution in [-0.4, -0.2) is 5.97 Å². The molecule has 0 fully saturated rings. The predicted octanol–water partition coefficient (Wildman–Crippen LogP) is 3.23. The van der Waals surface area contributed by atoms with E-state index in [2.05, 4.69) is 5.92 Å².